The normalized spacial score (nSPS) is 24.8. The van der Waals surface area contributed by atoms with Gasteiger partial charge in [-0.15, -0.1) is 0 Å². The molecule has 1 N–H and O–H groups in total. The Morgan fingerprint density at radius 1 is 1.11 bits per heavy atom. The van der Waals surface area contributed by atoms with Gasteiger partial charge in [0.1, 0.15) is 0 Å². The maximum absolute atomic E-state index is 12.0. The summed E-state index contributed by atoms with van der Waals surface area (Å²) in [5.41, 5.74) is 1.25. The lowest BCUT2D eigenvalue weighted by molar-refractivity contribution is -0.121. The van der Waals surface area contributed by atoms with Crippen LogP contribution < -0.4 is 10.2 Å². The molecule has 0 radical (unpaired) electrons. The summed E-state index contributed by atoms with van der Waals surface area (Å²) in [4.78, 5) is 17.1. The van der Waals surface area contributed by atoms with E-state index >= 15 is 0 Å². The zero-order chi connectivity index (χ0) is 18.6. The molecule has 2 aliphatic heterocycles. The molecule has 1 aromatic carbocycles. The fourth-order valence-electron chi connectivity index (χ4n) is 4.69. The molecule has 1 aromatic rings. The van der Waals surface area contributed by atoms with Gasteiger partial charge in [-0.05, 0) is 75.6 Å². The summed E-state index contributed by atoms with van der Waals surface area (Å²) in [6, 6.07) is 9.41. The lowest BCUT2D eigenvalue weighted by Crippen LogP contribution is -2.48. The fourth-order valence-corrected chi connectivity index (χ4v) is 4.87. The van der Waals surface area contributed by atoms with Gasteiger partial charge in [0.15, 0.2) is 0 Å². The summed E-state index contributed by atoms with van der Waals surface area (Å²) < 4.78 is 0. The van der Waals surface area contributed by atoms with Crippen molar-refractivity contribution in [3.8, 4) is 0 Å². The summed E-state index contributed by atoms with van der Waals surface area (Å²) in [5, 5.41) is 3.94. The van der Waals surface area contributed by atoms with Gasteiger partial charge in [0, 0.05) is 48.8 Å². The van der Waals surface area contributed by atoms with Crippen molar-refractivity contribution in [2.45, 2.75) is 63.5 Å². The van der Waals surface area contributed by atoms with Crippen LogP contribution in [0.2, 0.25) is 5.02 Å². The topological polar surface area (TPSA) is 35.6 Å². The second-order valence-corrected chi connectivity index (χ2v) is 9.02. The van der Waals surface area contributed by atoms with Gasteiger partial charge in [-0.2, -0.15) is 0 Å². The van der Waals surface area contributed by atoms with Crippen molar-refractivity contribution in [1.82, 2.24) is 10.2 Å². The number of hydrogen-bond donors (Lipinski definition) is 1. The quantitative estimate of drug-likeness (QED) is 0.796. The molecule has 3 aliphatic rings. The van der Waals surface area contributed by atoms with Crippen molar-refractivity contribution in [3.05, 3.63) is 29.3 Å². The van der Waals surface area contributed by atoms with Gasteiger partial charge in [0.05, 0.1) is 0 Å². The number of likely N-dealkylation sites (tertiary alicyclic amines) is 1. The Morgan fingerprint density at radius 2 is 1.93 bits per heavy atom. The number of piperidine rings is 2. The van der Waals surface area contributed by atoms with Gasteiger partial charge < -0.3 is 10.2 Å². The standard InChI is InChI=1S/C22H32ClN3O/c23-18-4-1-5-21(15-18)25-13-10-20(11-14-25)26-12-2-3-17(16-26)6-9-22(27)24-19-7-8-19/h1,4-5,15,17,19-20H,2-3,6-14,16H2,(H,24,27). The van der Waals surface area contributed by atoms with E-state index in [1.54, 1.807) is 0 Å². The molecule has 2 heterocycles. The molecular formula is C22H32ClN3O. The highest BCUT2D eigenvalue weighted by Gasteiger charge is 2.29. The number of nitrogens with zero attached hydrogens (tertiary/aromatic N) is 2. The molecule has 4 rings (SSSR count). The van der Waals surface area contributed by atoms with Crippen LogP contribution in [0.3, 0.4) is 0 Å². The molecule has 2 saturated heterocycles. The Labute approximate surface area is 168 Å². The molecular weight excluding hydrogens is 358 g/mol. The minimum absolute atomic E-state index is 0.268. The number of carbonyl (C=O) groups excluding carboxylic acids is 1. The lowest BCUT2D eigenvalue weighted by Gasteiger charge is -2.43. The van der Waals surface area contributed by atoms with Gasteiger partial charge in [0.2, 0.25) is 5.91 Å². The highest BCUT2D eigenvalue weighted by Crippen LogP contribution is 2.29. The molecule has 0 aromatic heterocycles. The van der Waals surface area contributed by atoms with Gasteiger partial charge in [-0.1, -0.05) is 17.7 Å². The smallest absolute Gasteiger partial charge is 0.220 e. The van der Waals surface area contributed by atoms with Crippen LogP contribution in [0.15, 0.2) is 24.3 Å². The minimum atomic E-state index is 0.268. The van der Waals surface area contributed by atoms with E-state index in [9.17, 15) is 4.79 Å². The molecule has 148 valence electrons. The van der Waals surface area contributed by atoms with E-state index in [0.717, 1.165) is 24.5 Å². The average Bonchev–Trinajstić information content (AvgIpc) is 3.51. The molecule has 1 amide bonds. The minimum Gasteiger partial charge on any atom is -0.371 e. The molecule has 0 bridgehead atoms. The van der Waals surface area contributed by atoms with Crippen LogP contribution in [-0.4, -0.2) is 49.1 Å². The number of rotatable bonds is 6. The van der Waals surface area contributed by atoms with Crippen LogP contribution >= 0.6 is 11.6 Å². The van der Waals surface area contributed by atoms with Crippen LogP contribution in [0.25, 0.3) is 0 Å². The number of halogens is 1. The van der Waals surface area contributed by atoms with E-state index in [1.165, 1.54) is 57.3 Å². The summed E-state index contributed by atoms with van der Waals surface area (Å²) in [7, 11) is 0. The van der Waals surface area contributed by atoms with Crippen LogP contribution in [-0.2, 0) is 4.79 Å². The third-order valence-electron chi connectivity index (χ3n) is 6.43. The van der Waals surface area contributed by atoms with Gasteiger partial charge in [-0.3, -0.25) is 9.69 Å². The predicted octanol–water partition coefficient (Wildman–Crippen LogP) is 4.08. The molecule has 5 heteroatoms. The number of benzene rings is 1. The van der Waals surface area contributed by atoms with Gasteiger partial charge in [0.25, 0.3) is 0 Å². The Morgan fingerprint density at radius 3 is 2.67 bits per heavy atom. The Balaban J connectivity index is 1.22. The van der Waals surface area contributed by atoms with Crippen molar-refractivity contribution >= 4 is 23.2 Å². The molecule has 1 unspecified atom stereocenters. The molecule has 1 atom stereocenters. The summed E-state index contributed by atoms with van der Waals surface area (Å²) in [5.74, 6) is 0.958. The van der Waals surface area contributed by atoms with E-state index < -0.39 is 0 Å². The van der Waals surface area contributed by atoms with Crippen molar-refractivity contribution in [1.29, 1.82) is 0 Å². The van der Waals surface area contributed by atoms with Crippen LogP contribution in [0.5, 0.6) is 0 Å². The summed E-state index contributed by atoms with van der Waals surface area (Å²) in [6.45, 7) is 4.62. The maximum Gasteiger partial charge on any atom is 0.220 e. The Kier molecular flexibility index (Phi) is 6.24. The number of nitrogens with one attached hydrogen (secondary N) is 1. The first-order chi connectivity index (χ1) is 13.2. The first-order valence-electron chi connectivity index (χ1n) is 10.7. The Hall–Kier alpha value is -1.26. The molecule has 0 spiro atoms. The van der Waals surface area contributed by atoms with Crippen molar-refractivity contribution < 1.29 is 4.79 Å². The lowest BCUT2D eigenvalue weighted by atomic mass is 9.90. The van der Waals surface area contributed by atoms with Gasteiger partial charge in [-0.25, -0.2) is 0 Å². The fraction of sp³-hybridized carbons (Fsp3) is 0.682. The maximum atomic E-state index is 12.0. The van der Waals surface area contributed by atoms with Crippen LogP contribution in [0.4, 0.5) is 5.69 Å². The zero-order valence-corrected chi connectivity index (χ0v) is 17.0. The number of amides is 1. The third-order valence-corrected chi connectivity index (χ3v) is 6.66. The average molecular weight is 390 g/mol. The van der Waals surface area contributed by atoms with E-state index in [-0.39, 0.29) is 5.91 Å². The summed E-state index contributed by atoms with van der Waals surface area (Å²) in [6.07, 6.45) is 9.13. The molecule has 1 aliphatic carbocycles. The Bertz CT molecular complexity index is 640. The SMILES string of the molecule is O=C(CCC1CCCN(C2CCN(c3cccc(Cl)c3)CC2)C1)NC1CC1. The predicted molar refractivity (Wildman–Crippen MR) is 111 cm³/mol. The second-order valence-electron chi connectivity index (χ2n) is 8.58. The highest BCUT2D eigenvalue weighted by molar-refractivity contribution is 6.30. The monoisotopic (exact) mass is 389 g/mol. The molecule has 1 saturated carbocycles. The van der Waals surface area contributed by atoms with Crippen LogP contribution in [0.1, 0.15) is 51.4 Å². The molecule has 4 nitrogen and oxygen atoms in total. The van der Waals surface area contributed by atoms with Crippen molar-refractivity contribution in [3.63, 3.8) is 0 Å². The first-order valence-corrected chi connectivity index (χ1v) is 11.1. The third kappa shape index (κ3) is 5.39. The largest absolute Gasteiger partial charge is 0.371 e. The summed E-state index contributed by atoms with van der Waals surface area (Å²) >= 11 is 6.15. The van der Waals surface area contributed by atoms with E-state index in [1.807, 2.05) is 12.1 Å². The highest BCUT2D eigenvalue weighted by atomic mass is 35.5. The van der Waals surface area contributed by atoms with E-state index in [4.69, 9.17) is 11.6 Å². The number of hydrogen-bond acceptors (Lipinski definition) is 3. The van der Waals surface area contributed by atoms with Crippen molar-refractivity contribution in [2.24, 2.45) is 5.92 Å². The first kappa shape index (κ1) is 19.1. The molecule has 3 fully saturated rings. The van der Waals surface area contributed by atoms with E-state index in [0.29, 0.717) is 24.4 Å². The van der Waals surface area contributed by atoms with Crippen molar-refractivity contribution in [2.75, 3.05) is 31.1 Å². The zero-order valence-electron chi connectivity index (χ0n) is 16.2. The van der Waals surface area contributed by atoms with Crippen LogP contribution in [0, 0.1) is 5.92 Å². The second kappa shape index (κ2) is 8.83. The molecule has 27 heavy (non-hydrogen) atoms. The van der Waals surface area contributed by atoms with Gasteiger partial charge >= 0.3 is 0 Å². The number of carbonyl (C=O) groups is 1. The van der Waals surface area contributed by atoms with E-state index in [2.05, 4.69) is 27.2 Å². The number of anilines is 1.